The van der Waals surface area contributed by atoms with E-state index < -0.39 is 0 Å². The van der Waals surface area contributed by atoms with Gasteiger partial charge >= 0.3 is 0 Å². The second-order valence-electron chi connectivity index (χ2n) is 5.09. The van der Waals surface area contributed by atoms with Gasteiger partial charge in [0.2, 0.25) is 5.91 Å². The monoisotopic (exact) mass is 402 g/mol. The zero-order chi connectivity index (χ0) is 16.9. The van der Waals surface area contributed by atoms with Gasteiger partial charge in [0.25, 0.3) is 0 Å². The predicted molar refractivity (Wildman–Crippen MR) is 101 cm³/mol. The fourth-order valence-electron chi connectivity index (χ4n) is 2.30. The van der Waals surface area contributed by atoms with E-state index in [1.54, 1.807) is 7.11 Å². The molecule has 1 aromatic heterocycles. The molecule has 0 spiro atoms. The standard InChI is InChI=1S/C18H15BrN2O2S/c1-23-16-8-3-2-5-13(16)10-17(22)21-18-20-15(11-24-18)12-6-4-7-14(19)9-12/h2-9,11H,10H2,1H3,(H,20,21,22). The molecule has 6 heteroatoms. The number of nitrogens with one attached hydrogen (secondary N) is 1. The van der Waals surface area contributed by atoms with Gasteiger partial charge in [-0.15, -0.1) is 11.3 Å². The van der Waals surface area contributed by atoms with Crippen LogP contribution < -0.4 is 10.1 Å². The van der Waals surface area contributed by atoms with Crippen LogP contribution in [0.5, 0.6) is 5.75 Å². The van der Waals surface area contributed by atoms with Crippen molar-refractivity contribution in [2.75, 3.05) is 12.4 Å². The van der Waals surface area contributed by atoms with Gasteiger partial charge in [0, 0.05) is 21.0 Å². The second kappa shape index (κ2) is 7.59. The summed E-state index contributed by atoms with van der Waals surface area (Å²) in [6.07, 6.45) is 0.246. The molecule has 3 aromatic rings. The van der Waals surface area contributed by atoms with Crippen LogP contribution in [-0.2, 0) is 11.2 Å². The number of para-hydroxylation sites is 1. The third-order valence-electron chi connectivity index (χ3n) is 3.41. The van der Waals surface area contributed by atoms with E-state index in [9.17, 15) is 4.79 Å². The van der Waals surface area contributed by atoms with E-state index in [0.717, 1.165) is 21.3 Å². The number of anilines is 1. The van der Waals surface area contributed by atoms with Crippen molar-refractivity contribution in [3.63, 3.8) is 0 Å². The number of carbonyl (C=O) groups is 1. The Balaban J connectivity index is 1.69. The Hall–Kier alpha value is -2.18. The molecule has 0 aliphatic rings. The van der Waals surface area contributed by atoms with Gasteiger partial charge in [0.1, 0.15) is 5.75 Å². The molecule has 1 heterocycles. The minimum absolute atomic E-state index is 0.116. The quantitative estimate of drug-likeness (QED) is 0.668. The van der Waals surface area contributed by atoms with Crippen molar-refractivity contribution >= 4 is 38.3 Å². The van der Waals surface area contributed by atoms with Crippen LogP contribution in [0.25, 0.3) is 11.3 Å². The van der Waals surface area contributed by atoms with Crippen molar-refractivity contribution in [1.29, 1.82) is 0 Å². The smallest absolute Gasteiger partial charge is 0.230 e. The Kier molecular flexibility index (Phi) is 5.27. The number of benzene rings is 2. The molecule has 1 amide bonds. The lowest BCUT2D eigenvalue weighted by atomic mass is 10.1. The van der Waals surface area contributed by atoms with E-state index in [4.69, 9.17) is 4.74 Å². The highest BCUT2D eigenvalue weighted by molar-refractivity contribution is 9.10. The minimum atomic E-state index is -0.116. The zero-order valence-corrected chi connectivity index (χ0v) is 15.4. The Morgan fingerprint density at radius 3 is 2.88 bits per heavy atom. The lowest BCUT2D eigenvalue weighted by molar-refractivity contribution is -0.115. The molecule has 0 bridgehead atoms. The van der Waals surface area contributed by atoms with E-state index in [1.165, 1.54) is 11.3 Å². The highest BCUT2D eigenvalue weighted by Crippen LogP contribution is 2.27. The number of rotatable bonds is 5. The Bertz CT molecular complexity index is 863. The van der Waals surface area contributed by atoms with Crippen LogP contribution >= 0.6 is 27.3 Å². The van der Waals surface area contributed by atoms with Crippen LogP contribution in [0, 0.1) is 0 Å². The topological polar surface area (TPSA) is 51.2 Å². The zero-order valence-electron chi connectivity index (χ0n) is 13.0. The first-order valence-corrected chi connectivity index (χ1v) is 8.96. The van der Waals surface area contributed by atoms with Crippen molar-refractivity contribution < 1.29 is 9.53 Å². The fourth-order valence-corrected chi connectivity index (χ4v) is 3.43. The summed E-state index contributed by atoms with van der Waals surface area (Å²) < 4.78 is 6.27. The van der Waals surface area contributed by atoms with Gasteiger partial charge in [-0.25, -0.2) is 4.98 Å². The third kappa shape index (κ3) is 4.01. The molecule has 0 saturated heterocycles. The molecule has 0 aliphatic carbocycles. The molecule has 0 fully saturated rings. The largest absolute Gasteiger partial charge is 0.496 e. The first-order valence-electron chi connectivity index (χ1n) is 7.29. The number of halogens is 1. The number of carbonyl (C=O) groups excluding carboxylic acids is 1. The van der Waals surface area contributed by atoms with Crippen molar-refractivity contribution in [2.45, 2.75) is 6.42 Å². The molecular formula is C18H15BrN2O2S. The number of methoxy groups -OCH3 is 1. The highest BCUT2D eigenvalue weighted by Gasteiger charge is 2.11. The molecule has 0 unspecified atom stereocenters. The lowest BCUT2D eigenvalue weighted by Gasteiger charge is -2.07. The van der Waals surface area contributed by atoms with E-state index in [1.807, 2.05) is 53.9 Å². The van der Waals surface area contributed by atoms with Gasteiger partial charge in [-0.1, -0.05) is 46.3 Å². The summed E-state index contributed by atoms with van der Waals surface area (Å²) in [5.41, 5.74) is 2.70. The van der Waals surface area contributed by atoms with Crippen molar-refractivity contribution in [2.24, 2.45) is 0 Å². The molecule has 2 aromatic carbocycles. The summed E-state index contributed by atoms with van der Waals surface area (Å²) in [7, 11) is 1.60. The first kappa shape index (κ1) is 16.7. The number of nitrogens with zero attached hydrogens (tertiary/aromatic N) is 1. The predicted octanol–water partition coefficient (Wildman–Crippen LogP) is 4.76. The van der Waals surface area contributed by atoms with Gasteiger partial charge < -0.3 is 10.1 Å². The number of thiazole rings is 1. The highest BCUT2D eigenvalue weighted by atomic mass is 79.9. The normalized spacial score (nSPS) is 10.4. The number of hydrogen-bond acceptors (Lipinski definition) is 4. The number of ether oxygens (including phenoxy) is 1. The molecular weight excluding hydrogens is 388 g/mol. The molecule has 122 valence electrons. The molecule has 4 nitrogen and oxygen atoms in total. The average molecular weight is 403 g/mol. The maximum Gasteiger partial charge on any atom is 0.230 e. The van der Waals surface area contributed by atoms with Crippen LogP contribution in [0.3, 0.4) is 0 Å². The van der Waals surface area contributed by atoms with Crippen molar-refractivity contribution in [3.05, 3.63) is 63.9 Å². The van der Waals surface area contributed by atoms with E-state index >= 15 is 0 Å². The first-order chi connectivity index (χ1) is 11.7. The maximum absolute atomic E-state index is 12.2. The number of aromatic nitrogens is 1. The molecule has 0 aliphatic heterocycles. The van der Waals surface area contributed by atoms with Crippen LogP contribution in [0.2, 0.25) is 0 Å². The number of amides is 1. The van der Waals surface area contributed by atoms with Crippen molar-refractivity contribution in [1.82, 2.24) is 4.98 Å². The molecule has 0 radical (unpaired) electrons. The summed E-state index contributed by atoms with van der Waals surface area (Å²) in [4.78, 5) is 16.7. The molecule has 0 saturated carbocycles. The Labute approximate surface area is 152 Å². The Morgan fingerprint density at radius 1 is 1.25 bits per heavy atom. The molecule has 1 N–H and O–H groups in total. The van der Waals surface area contributed by atoms with E-state index in [2.05, 4.69) is 26.2 Å². The summed E-state index contributed by atoms with van der Waals surface area (Å²) in [6.45, 7) is 0. The molecule has 3 rings (SSSR count). The van der Waals surface area contributed by atoms with Gasteiger partial charge in [0.05, 0.1) is 19.2 Å². The lowest BCUT2D eigenvalue weighted by Crippen LogP contribution is -2.14. The maximum atomic E-state index is 12.2. The second-order valence-corrected chi connectivity index (χ2v) is 6.86. The van der Waals surface area contributed by atoms with E-state index in [-0.39, 0.29) is 12.3 Å². The number of hydrogen-bond donors (Lipinski definition) is 1. The van der Waals surface area contributed by atoms with Crippen LogP contribution in [0.15, 0.2) is 58.4 Å². The summed E-state index contributed by atoms with van der Waals surface area (Å²) in [5, 5.41) is 5.37. The summed E-state index contributed by atoms with van der Waals surface area (Å²) in [5.74, 6) is 0.594. The van der Waals surface area contributed by atoms with Gasteiger partial charge in [0.15, 0.2) is 5.13 Å². The van der Waals surface area contributed by atoms with Crippen LogP contribution in [0.1, 0.15) is 5.56 Å². The minimum Gasteiger partial charge on any atom is -0.496 e. The fraction of sp³-hybridized carbons (Fsp3) is 0.111. The summed E-state index contributed by atoms with van der Waals surface area (Å²) in [6, 6.07) is 15.4. The molecule has 24 heavy (non-hydrogen) atoms. The van der Waals surface area contributed by atoms with E-state index in [0.29, 0.717) is 10.9 Å². The Morgan fingerprint density at radius 2 is 2.08 bits per heavy atom. The van der Waals surface area contributed by atoms with Gasteiger partial charge in [-0.05, 0) is 18.2 Å². The van der Waals surface area contributed by atoms with Crippen LogP contribution in [-0.4, -0.2) is 18.0 Å². The third-order valence-corrected chi connectivity index (χ3v) is 4.67. The summed E-state index contributed by atoms with van der Waals surface area (Å²) >= 11 is 4.86. The van der Waals surface area contributed by atoms with Gasteiger partial charge in [-0.3, -0.25) is 4.79 Å². The van der Waals surface area contributed by atoms with Gasteiger partial charge in [-0.2, -0.15) is 0 Å². The average Bonchev–Trinajstić information content (AvgIpc) is 3.03. The van der Waals surface area contributed by atoms with Crippen molar-refractivity contribution in [3.8, 4) is 17.0 Å². The van der Waals surface area contributed by atoms with Crippen LogP contribution in [0.4, 0.5) is 5.13 Å². The SMILES string of the molecule is COc1ccccc1CC(=O)Nc1nc(-c2cccc(Br)c2)cs1. The molecule has 0 atom stereocenters.